The first-order valence-corrected chi connectivity index (χ1v) is 7.33. The third kappa shape index (κ3) is 3.57. The Labute approximate surface area is 137 Å². The molecule has 0 aliphatic heterocycles. The van der Waals surface area contributed by atoms with E-state index in [2.05, 4.69) is 15.5 Å². The van der Waals surface area contributed by atoms with Gasteiger partial charge in [0.05, 0.1) is 10.7 Å². The number of hydrogen-bond acceptors (Lipinski definition) is 2. The fourth-order valence-corrected chi connectivity index (χ4v) is 2.35. The summed E-state index contributed by atoms with van der Waals surface area (Å²) in [5.41, 5.74) is 3.11. The number of carbonyl (C=O) groups is 1. The summed E-state index contributed by atoms with van der Waals surface area (Å²) in [7, 11) is 0. The summed E-state index contributed by atoms with van der Waals surface area (Å²) in [5, 5.41) is 9.57. The first-order valence-electron chi connectivity index (χ1n) is 6.95. The number of aromatic amines is 1. The van der Waals surface area contributed by atoms with Crippen molar-refractivity contribution in [1.29, 1.82) is 0 Å². The molecular weight excluding hydrogens is 317 g/mol. The average Bonchev–Trinajstić information content (AvgIpc) is 3.10. The Morgan fingerprint density at radius 1 is 1.17 bits per heavy atom. The molecular formula is C17H13ClFN3O. The Kier molecular flexibility index (Phi) is 4.39. The quantitative estimate of drug-likeness (QED) is 0.765. The van der Waals surface area contributed by atoms with Crippen LogP contribution in [0, 0.1) is 5.82 Å². The molecule has 116 valence electrons. The van der Waals surface area contributed by atoms with Crippen LogP contribution in [0.1, 0.15) is 15.9 Å². The number of hydrogen-bond donors (Lipinski definition) is 2. The van der Waals surface area contributed by atoms with Gasteiger partial charge in [-0.3, -0.25) is 9.89 Å². The molecule has 1 aromatic heterocycles. The number of H-pyrrole nitrogens is 1. The molecule has 0 bridgehead atoms. The van der Waals surface area contributed by atoms with Crippen molar-refractivity contribution in [3.05, 3.63) is 76.7 Å². The second kappa shape index (κ2) is 6.62. The molecule has 2 aromatic carbocycles. The zero-order valence-corrected chi connectivity index (χ0v) is 12.8. The molecule has 6 heteroatoms. The zero-order valence-electron chi connectivity index (χ0n) is 12.0. The van der Waals surface area contributed by atoms with Gasteiger partial charge in [0.2, 0.25) is 0 Å². The number of amides is 1. The molecule has 0 aliphatic rings. The van der Waals surface area contributed by atoms with E-state index in [-0.39, 0.29) is 17.5 Å². The van der Waals surface area contributed by atoms with Gasteiger partial charge in [0.1, 0.15) is 5.82 Å². The number of halogens is 2. The summed E-state index contributed by atoms with van der Waals surface area (Å²) in [6.07, 6.45) is 1.67. The summed E-state index contributed by atoms with van der Waals surface area (Å²) in [4.78, 5) is 12.1. The normalized spacial score (nSPS) is 10.5. The molecule has 1 amide bonds. The highest BCUT2D eigenvalue weighted by molar-refractivity contribution is 6.30. The molecule has 0 aliphatic carbocycles. The van der Waals surface area contributed by atoms with Gasteiger partial charge in [-0.2, -0.15) is 5.10 Å². The Morgan fingerprint density at radius 2 is 1.96 bits per heavy atom. The van der Waals surface area contributed by atoms with Crippen LogP contribution in [-0.2, 0) is 6.54 Å². The highest BCUT2D eigenvalue weighted by Gasteiger charge is 2.07. The first kappa shape index (κ1) is 15.2. The van der Waals surface area contributed by atoms with Crippen LogP contribution in [0.3, 0.4) is 0 Å². The topological polar surface area (TPSA) is 57.8 Å². The first-order chi connectivity index (χ1) is 11.1. The van der Waals surface area contributed by atoms with Gasteiger partial charge >= 0.3 is 0 Å². The molecule has 0 atom stereocenters. The van der Waals surface area contributed by atoms with E-state index < -0.39 is 5.82 Å². The fraction of sp³-hybridized carbons (Fsp3) is 0.0588. The Hall–Kier alpha value is -2.66. The maximum atomic E-state index is 13.1. The van der Waals surface area contributed by atoms with E-state index in [1.807, 2.05) is 18.2 Å². The van der Waals surface area contributed by atoms with E-state index >= 15 is 0 Å². The highest BCUT2D eigenvalue weighted by Crippen LogP contribution is 2.17. The van der Waals surface area contributed by atoms with Crippen LogP contribution in [0.5, 0.6) is 0 Å². The van der Waals surface area contributed by atoms with Gasteiger partial charge in [0.25, 0.3) is 5.91 Å². The van der Waals surface area contributed by atoms with E-state index in [0.29, 0.717) is 5.56 Å². The predicted molar refractivity (Wildman–Crippen MR) is 86.6 cm³/mol. The molecule has 0 radical (unpaired) electrons. The largest absolute Gasteiger partial charge is 0.348 e. The van der Waals surface area contributed by atoms with E-state index in [1.54, 1.807) is 24.4 Å². The van der Waals surface area contributed by atoms with Gasteiger partial charge in [-0.05, 0) is 41.5 Å². The molecule has 4 nitrogen and oxygen atoms in total. The standard InChI is InChI=1S/C17H13ClFN3O/c18-14-9-11(1-6-15(14)19)10-20-17(23)13-4-2-12(3-5-13)16-7-8-21-22-16/h1-9H,10H2,(H,20,23)(H,21,22). The molecule has 2 N–H and O–H groups in total. The zero-order chi connectivity index (χ0) is 16.2. The minimum Gasteiger partial charge on any atom is -0.348 e. The van der Waals surface area contributed by atoms with Crippen molar-refractivity contribution in [2.75, 3.05) is 0 Å². The summed E-state index contributed by atoms with van der Waals surface area (Å²) in [6.45, 7) is 0.279. The smallest absolute Gasteiger partial charge is 0.251 e. The Bertz CT molecular complexity index is 816. The second-order valence-electron chi connectivity index (χ2n) is 4.98. The van der Waals surface area contributed by atoms with Crippen LogP contribution in [0.2, 0.25) is 5.02 Å². The summed E-state index contributed by atoms with van der Waals surface area (Å²) in [5.74, 6) is -0.683. The van der Waals surface area contributed by atoms with Crippen LogP contribution in [0.4, 0.5) is 4.39 Å². The van der Waals surface area contributed by atoms with Crippen molar-refractivity contribution in [3.63, 3.8) is 0 Å². The molecule has 1 heterocycles. The number of nitrogens with zero attached hydrogens (tertiary/aromatic N) is 1. The van der Waals surface area contributed by atoms with Gasteiger partial charge < -0.3 is 5.32 Å². The van der Waals surface area contributed by atoms with Gasteiger partial charge in [0, 0.05) is 18.3 Å². The highest BCUT2D eigenvalue weighted by atomic mass is 35.5. The van der Waals surface area contributed by atoms with Crippen LogP contribution in [-0.4, -0.2) is 16.1 Å². The van der Waals surface area contributed by atoms with Gasteiger partial charge in [-0.15, -0.1) is 0 Å². The number of nitrogens with one attached hydrogen (secondary N) is 2. The van der Waals surface area contributed by atoms with Crippen molar-refractivity contribution in [2.24, 2.45) is 0 Å². The van der Waals surface area contributed by atoms with Crippen LogP contribution in [0.25, 0.3) is 11.3 Å². The molecule has 3 rings (SSSR count). The van der Waals surface area contributed by atoms with Gasteiger partial charge in [0.15, 0.2) is 0 Å². The van der Waals surface area contributed by atoms with E-state index in [0.717, 1.165) is 16.8 Å². The van der Waals surface area contributed by atoms with Gasteiger partial charge in [-0.25, -0.2) is 4.39 Å². The summed E-state index contributed by atoms with van der Waals surface area (Å²) in [6, 6.07) is 13.4. The monoisotopic (exact) mass is 329 g/mol. The Balaban J connectivity index is 1.65. The van der Waals surface area contributed by atoms with Crippen LogP contribution < -0.4 is 5.32 Å². The van der Waals surface area contributed by atoms with Crippen molar-refractivity contribution >= 4 is 17.5 Å². The molecule has 0 unspecified atom stereocenters. The van der Waals surface area contributed by atoms with Crippen molar-refractivity contribution in [3.8, 4) is 11.3 Å². The van der Waals surface area contributed by atoms with Crippen LogP contribution >= 0.6 is 11.6 Å². The Morgan fingerprint density at radius 3 is 2.61 bits per heavy atom. The van der Waals surface area contributed by atoms with Gasteiger partial charge in [-0.1, -0.05) is 29.8 Å². The van der Waals surface area contributed by atoms with E-state index in [1.165, 1.54) is 12.1 Å². The minimum absolute atomic E-state index is 0.0423. The molecule has 0 fully saturated rings. The summed E-state index contributed by atoms with van der Waals surface area (Å²) < 4.78 is 13.1. The number of benzene rings is 2. The lowest BCUT2D eigenvalue weighted by molar-refractivity contribution is 0.0951. The lowest BCUT2D eigenvalue weighted by Gasteiger charge is -2.07. The number of rotatable bonds is 4. The molecule has 0 saturated heterocycles. The third-order valence-corrected chi connectivity index (χ3v) is 3.69. The van der Waals surface area contributed by atoms with Crippen molar-refractivity contribution in [1.82, 2.24) is 15.5 Å². The number of aromatic nitrogens is 2. The maximum Gasteiger partial charge on any atom is 0.251 e. The third-order valence-electron chi connectivity index (χ3n) is 3.40. The lowest BCUT2D eigenvalue weighted by atomic mass is 10.1. The van der Waals surface area contributed by atoms with E-state index in [4.69, 9.17) is 11.6 Å². The van der Waals surface area contributed by atoms with Crippen molar-refractivity contribution < 1.29 is 9.18 Å². The molecule has 0 spiro atoms. The SMILES string of the molecule is O=C(NCc1ccc(F)c(Cl)c1)c1ccc(-c2ccn[nH]2)cc1. The van der Waals surface area contributed by atoms with Crippen LogP contribution in [0.15, 0.2) is 54.7 Å². The minimum atomic E-state index is -0.476. The average molecular weight is 330 g/mol. The molecule has 0 saturated carbocycles. The second-order valence-corrected chi connectivity index (χ2v) is 5.39. The predicted octanol–water partition coefficient (Wildman–Crippen LogP) is 3.80. The number of carbonyl (C=O) groups excluding carboxylic acids is 1. The molecule has 3 aromatic rings. The lowest BCUT2D eigenvalue weighted by Crippen LogP contribution is -2.22. The van der Waals surface area contributed by atoms with E-state index in [9.17, 15) is 9.18 Å². The molecule has 23 heavy (non-hydrogen) atoms. The fourth-order valence-electron chi connectivity index (χ4n) is 2.15. The summed E-state index contributed by atoms with van der Waals surface area (Å²) >= 11 is 5.72. The van der Waals surface area contributed by atoms with Crippen molar-refractivity contribution in [2.45, 2.75) is 6.54 Å². The maximum absolute atomic E-state index is 13.1.